The monoisotopic (exact) mass is 280 g/mol. The Morgan fingerprint density at radius 1 is 1.30 bits per heavy atom. The Labute approximate surface area is 122 Å². The molecule has 0 amide bonds. The molecule has 5 heteroatoms. The highest BCUT2D eigenvalue weighted by Crippen LogP contribution is 2.43. The predicted molar refractivity (Wildman–Crippen MR) is 78.1 cm³/mol. The van der Waals surface area contributed by atoms with E-state index in [-0.39, 0.29) is 23.1 Å². The molecule has 112 valence electrons. The molecule has 1 heterocycles. The standard InChI is InChI=1S/C15H25BO4/c1-7-18-13(17)12-10(2)8-9-11(12)16-19-14(3,4)15(5,6)20-16/h10H,7-9H2,1-6H3/t10-/m0/s1. The molecule has 20 heavy (non-hydrogen) atoms. The van der Waals surface area contributed by atoms with E-state index in [1.165, 1.54) is 0 Å². The van der Waals surface area contributed by atoms with Crippen molar-refractivity contribution in [2.75, 3.05) is 6.61 Å². The van der Waals surface area contributed by atoms with E-state index in [0.29, 0.717) is 6.61 Å². The molecule has 0 aromatic heterocycles. The molecule has 0 saturated carbocycles. The van der Waals surface area contributed by atoms with Crippen molar-refractivity contribution >= 4 is 13.1 Å². The number of hydrogen-bond donors (Lipinski definition) is 0. The van der Waals surface area contributed by atoms with Crippen molar-refractivity contribution in [2.45, 2.75) is 65.6 Å². The fourth-order valence-corrected chi connectivity index (χ4v) is 2.74. The highest BCUT2D eigenvalue weighted by Gasteiger charge is 2.54. The fraction of sp³-hybridized carbons (Fsp3) is 0.800. The third-order valence-corrected chi connectivity index (χ3v) is 4.72. The average molecular weight is 280 g/mol. The minimum atomic E-state index is -0.427. The third-order valence-electron chi connectivity index (χ3n) is 4.72. The summed E-state index contributed by atoms with van der Waals surface area (Å²) in [6.45, 7) is 12.4. The molecule has 0 unspecified atom stereocenters. The molecule has 0 N–H and O–H groups in total. The maximum absolute atomic E-state index is 12.2. The summed E-state index contributed by atoms with van der Waals surface area (Å²) >= 11 is 0. The normalized spacial score (nSPS) is 28.1. The van der Waals surface area contributed by atoms with E-state index in [1.54, 1.807) is 0 Å². The van der Waals surface area contributed by atoms with E-state index in [2.05, 4.69) is 6.92 Å². The van der Waals surface area contributed by atoms with Gasteiger partial charge in [0.15, 0.2) is 0 Å². The number of ether oxygens (including phenoxy) is 1. The SMILES string of the molecule is CCOC(=O)C1=C(B2OC(C)(C)C(C)(C)O2)CC[C@@H]1C. The molecule has 1 aliphatic heterocycles. The Bertz CT molecular complexity index is 423. The van der Waals surface area contributed by atoms with Crippen molar-refractivity contribution in [3.63, 3.8) is 0 Å². The summed E-state index contributed by atoms with van der Waals surface area (Å²) in [5.74, 6) is -0.00899. The molecule has 0 aromatic carbocycles. The first-order valence-corrected chi connectivity index (χ1v) is 7.45. The minimum Gasteiger partial charge on any atom is -0.463 e. The van der Waals surface area contributed by atoms with Gasteiger partial charge in [-0.2, -0.15) is 0 Å². The van der Waals surface area contributed by atoms with E-state index < -0.39 is 7.12 Å². The Hall–Kier alpha value is -0.805. The number of carbonyl (C=O) groups is 1. The summed E-state index contributed by atoms with van der Waals surface area (Å²) in [7, 11) is -0.427. The van der Waals surface area contributed by atoms with Gasteiger partial charge in [0.05, 0.1) is 17.8 Å². The van der Waals surface area contributed by atoms with E-state index in [1.807, 2.05) is 34.6 Å². The number of hydrogen-bond acceptors (Lipinski definition) is 4. The molecule has 1 fully saturated rings. The van der Waals surface area contributed by atoms with Gasteiger partial charge in [0.2, 0.25) is 0 Å². The maximum Gasteiger partial charge on any atom is 0.491 e. The van der Waals surface area contributed by atoms with Crippen LogP contribution in [0.4, 0.5) is 0 Å². The minimum absolute atomic E-state index is 0.211. The van der Waals surface area contributed by atoms with Crippen LogP contribution in [0.1, 0.15) is 54.4 Å². The van der Waals surface area contributed by atoms with Crippen LogP contribution in [0.5, 0.6) is 0 Å². The molecule has 0 aromatic rings. The smallest absolute Gasteiger partial charge is 0.463 e. The van der Waals surface area contributed by atoms with Gasteiger partial charge in [0.1, 0.15) is 0 Å². The second-order valence-corrected chi connectivity index (χ2v) is 6.69. The van der Waals surface area contributed by atoms with Crippen LogP contribution < -0.4 is 0 Å². The maximum atomic E-state index is 12.2. The van der Waals surface area contributed by atoms with Crippen molar-refractivity contribution in [1.29, 1.82) is 0 Å². The second-order valence-electron chi connectivity index (χ2n) is 6.69. The molecule has 2 rings (SSSR count). The first-order chi connectivity index (χ1) is 9.19. The molecule has 0 bridgehead atoms. The van der Waals surface area contributed by atoms with Crippen molar-refractivity contribution in [3.8, 4) is 0 Å². The Morgan fingerprint density at radius 2 is 1.85 bits per heavy atom. The number of carbonyl (C=O) groups excluding carboxylic acids is 1. The zero-order valence-corrected chi connectivity index (χ0v) is 13.4. The molecule has 0 spiro atoms. The van der Waals surface area contributed by atoms with Gasteiger partial charge >= 0.3 is 13.1 Å². The van der Waals surface area contributed by atoms with Crippen molar-refractivity contribution in [1.82, 2.24) is 0 Å². The summed E-state index contributed by atoms with van der Waals surface area (Å²) in [4.78, 5) is 12.2. The lowest BCUT2D eigenvalue weighted by Crippen LogP contribution is -2.41. The Kier molecular flexibility index (Phi) is 4.04. The summed E-state index contributed by atoms with van der Waals surface area (Å²) in [6.07, 6.45) is 1.79. The molecule has 4 nitrogen and oxygen atoms in total. The van der Waals surface area contributed by atoms with Crippen LogP contribution in [0.15, 0.2) is 11.0 Å². The number of esters is 1. The quantitative estimate of drug-likeness (QED) is 0.589. The van der Waals surface area contributed by atoms with E-state index in [4.69, 9.17) is 14.0 Å². The number of rotatable bonds is 3. The van der Waals surface area contributed by atoms with E-state index in [0.717, 1.165) is 23.9 Å². The van der Waals surface area contributed by atoms with Crippen molar-refractivity contribution < 1.29 is 18.8 Å². The summed E-state index contributed by atoms with van der Waals surface area (Å²) in [5.41, 5.74) is 0.965. The first-order valence-electron chi connectivity index (χ1n) is 7.45. The van der Waals surface area contributed by atoms with Gasteiger partial charge in [0.25, 0.3) is 0 Å². The van der Waals surface area contributed by atoms with Gasteiger partial charge in [-0.1, -0.05) is 6.92 Å². The molecular weight excluding hydrogens is 255 g/mol. The molecule has 1 atom stereocenters. The average Bonchev–Trinajstić information content (AvgIpc) is 2.78. The van der Waals surface area contributed by atoms with Crippen LogP contribution in [0.2, 0.25) is 0 Å². The lowest BCUT2D eigenvalue weighted by molar-refractivity contribution is -0.139. The van der Waals surface area contributed by atoms with Crippen LogP contribution in [-0.2, 0) is 18.8 Å². The van der Waals surface area contributed by atoms with Crippen LogP contribution in [0.3, 0.4) is 0 Å². The second kappa shape index (κ2) is 5.19. The Morgan fingerprint density at radius 3 is 2.35 bits per heavy atom. The zero-order valence-electron chi connectivity index (χ0n) is 13.4. The van der Waals surface area contributed by atoms with E-state index in [9.17, 15) is 4.79 Å². The fourth-order valence-electron chi connectivity index (χ4n) is 2.74. The molecule has 0 radical (unpaired) electrons. The lowest BCUT2D eigenvalue weighted by atomic mass is 9.75. The Balaban J connectivity index is 2.29. The predicted octanol–water partition coefficient (Wildman–Crippen LogP) is 2.91. The van der Waals surface area contributed by atoms with Gasteiger partial charge in [0, 0.05) is 5.57 Å². The van der Waals surface area contributed by atoms with Crippen LogP contribution >= 0.6 is 0 Å². The molecule has 2 aliphatic rings. The first kappa shape index (κ1) is 15.6. The highest BCUT2D eigenvalue weighted by atomic mass is 16.7. The molecular formula is C15H25BO4. The van der Waals surface area contributed by atoms with Crippen molar-refractivity contribution in [2.24, 2.45) is 5.92 Å². The highest BCUT2D eigenvalue weighted by molar-refractivity contribution is 6.55. The third kappa shape index (κ3) is 2.53. The van der Waals surface area contributed by atoms with Crippen LogP contribution in [0.25, 0.3) is 0 Å². The molecule has 1 saturated heterocycles. The van der Waals surface area contributed by atoms with Gasteiger partial charge in [-0.05, 0) is 58.9 Å². The zero-order chi connectivity index (χ0) is 15.1. The summed E-state index contributed by atoms with van der Waals surface area (Å²) in [5, 5.41) is 0. The topological polar surface area (TPSA) is 44.8 Å². The summed E-state index contributed by atoms with van der Waals surface area (Å²) in [6, 6.07) is 0. The van der Waals surface area contributed by atoms with Crippen molar-refractivity contribution in [3.05, 3.63) is 11.0 Å². The van der Waals surface area contributed by atoms with Gasteiger partial charge in [-0.15, -0.1) is 0 Å². The number of allylic oxidation sites excluding steroid dienone is 1. The summed E-state index contributed by atoms with van der Waals surface area (Å²) < 4.78 is 17.3. The lowest BCUT2D eigenvalue weighted by Gasteiger charge is -2.32. The van der Waals surface area contributed by atoms with E-state index >= 15 is 0 Å². The largest absolute Gasteiger partial charge is 0.491 e. The van der Waals surface area contributed by atoms with Gasteiger partial charge in [-0.25, -0.2) is 4.79 Å². The molecule has 1 aliphatic carbocycles. The van der Waals surface area contributed by atoms with Gasteiger partial charge < -0.3 is 14.0 Å². The van der Waals surface area contributed by atoms with Crippen LogP contribution in [-0.4, -0.2) is 30.9 Å². The van der Waals surface area contributed by atoms with Gasteiger partial charge in [-0.3, -0.25) is 0 Å². The van der Waals surface area contributed by atoms with Crippen LogP contribution in [0, 0.1) is 5.92 Å².